The van der Waals surface area contributed by atoms with Gasteiger partial charge in [0, 0.05) is 24.2 Å². The highest BCUT2D eigenvalue weighted by atomic mass is 35.5. The predicted octanol–water partition coefficient (Wildman–Crippen LogP) is 4.26. The fourth-order valence-corrected chi connectivity index (χ4v) is 8.20. The van der Waals surface area contributed by atoms with Crippen LogP contribution in [0.3, 0.4) is 0 Å². The number of nitrogens with one attached hydrogen (secondary N) is 1. The smallest absolute Gasteiger partial charge is 0.323 e. The van der Waals surface area contributed by atoms with Crippen LogP contribution >= 0.6 is 11.6 Å². The van der Waals surface area contributed by atoms with Gasteiger partial charge < -0.3 is 4.74 Å². The van der Waals surface area contributed by atoms with Crippen LogP contribution in [-0.2, 0) is 19.6 Å². The third-order valence-electron chi connectivity index (χ3n) is 7.75. The summed E-state index contributed by atoms with van der Waals surface area (Å²) in [5.41, 5.74) is 0. The molecule has 1 aromatic rings. The summed E-state index contributed by atoms with van der Waals surface area (Å²) in [6, 6.07) is 5.39. The predicted molar refractivity (Wildman–Crippen MR) is 138 cm³/mol. The largest absolute Gasteiger partial charge is 0.463 e. The quantitative estimate of drug-likeness (QED) is 0.559. The number of ether oxygens (including phenoxy) is 1. The van der Waals surface area contributed by atoms with Crippen molar-refractivity contribution in [2.24, 2.45) is 11.8 Å². The molecule has 3 fully saturated rings. The number of hydrogen-bond donors (Lipinski definition) is 1. The number of nitrogens with zero attached hydrogens (tertiary/aromatic N) is 2. The minimum Gasteiger partial charge on any atom is -0.463 e. The van der Waals surface area contributed by atoms with Crippen LogP contribution in [0.15, 0.2) is 29.2 Å². The van der Waals surface area contributed by atoms with Crippen molar-refractivity contribution in [2.45, 2.75) is 94.9 Å². The van der Waals surface area contributed by atoms with Gasteiger partial charge >= 0.3 is 5.97 Å². The Kier molecular flexibility index (Phi) is 8.80. The van der Waals surface area contributed by atoms with Gasteiger partial charge in [0.15, 0.2) is 0 Å². The van der Waals surface area contributed by atoms with Gasteiger partial charge in [0.1, 0.15) is 12.6 Å². The number of piperidine rings is 3. The molecule has 3 saturated heterocycles. The molecular weight excluding hydrogens is 486 g/mol. The topological polar surface area (TPSA) is 79.0 Å². The average Bonchev–Trinajstić information content (AvgIpc) is 2.82. The highest BCUT2D eigenvalue weighted by Gasteiger charge is 2.39. The molecule has 0 spiro atoms. The molecule has 4 rings (SSSR count). The van der Waals surface area contributed by atoms with Crippen molar-refractivity contribution >= 4 is 27.6 Å². The monoisotopic (exact) mass is 525 g/mol. The first-order valence-electron chi connectivity index (χ1n) is 13.1. The van der Waals surface area contributed by atoms with Crippen molar-refractivity contribution in [1.29, 1.82) is 0 Å². The first kappa shape index (κ1) is 26.9. The van der Waals surface area contributed by atoms with Gasteiger partial charge in [0.2, 0.25) is 10.0 Å². The SMILES string of the molecule is CC1CC(C)CN(C2CCCC(C(=O)OC[C@H]3CCC[C@@H](C)N3S(=O)(=O)c3ccc(Cl)cc3)N2)C1. The lowest BCUT2D eigenvalue weighted by atomic mass is 9.90. The molecule has 0 amide bonds. The Morgan fingerprint density at radius 3 is 2.37 bits per heavy atom. The Hall–Kier alpha value is -1.19. The van der Waals surface area contributed by atoms with E-state index in [1.165, 1.54) is 18.6 Å². The summed E-state index contributed by atoms with van der Waals surface area (Å²) >= 11 is 5.96. The van der Waals surface area contributed by atoms with Crippen LogP contribution in [0.25, 0.3) is 0 Å². The van der Waals surface area contributed by atoms with E-state index in [0.29, 0.717) is 23.3 Å². The number of rotatable bonds is 6. The lowest BCUT2D eigenvalue weighted by molar-refractivity contribution is -0.149. The maximum atomic E-state index is 13.5. The Bertz CT molecular complexity index is 963. The van der Waals surface area contributed by atoms with Crippen LogP contribution in [-0.4, -0.2) is 67.6 Å². The fourth-order valence-electron chi connectivity index (χ4n) is 6.21. The van der Waals surface area contributed by atoms with Gasteiger partial charge in [-0.1, -0.05) is 31.9 Å². The van der Waals surface area contributed by atoms with E-state index < -0.39 is 10.0 Å². The molecule has 1 N–H and O–H groups in total. The van der Waals surface area contributed by atoms with E-state index in [9.17, 15) is 13.2 Å². The summed E-state index contributed by atoms with van der Waals surface area (Å²) < 4.78 is 34.2. The maximum Gasteiger partial charge on any atom is 0.323 e. The number of esters is 1. The Balaban J connectivity index is 1.39. The van der Waals surface area contributed by atoms with Crippen LogP contribution in [0, 0.1) is 11.8 Å². The number of likely N-dealkylation sites (tertiary alicyclic amines) is 1. The van der Waals surface area contributed by atoms with Crippen LogP contribution in [0.2, 0.25) is 5.02 Å². The highest BCUT2D eigenvalue weighted by Crippen LogP contribution is 2.31. The van der Waals surface area contributed by atoms with E-state index in [1.807, 2.05) is 6.92 Å². The molecule has 0 aromatic heterocycles. The summed E-state index contributed by atoms with van der Waals surface area (Å²) in [5.74, 6) is 1.05. The third-order valence-corrected chi connectivity index (χ3v) is 10.1. The average molecular weight is 526 g/mol. The second-order valence-electron chi connectivity index (χ2n) is 10.9. The van der Waals surface area contributed by atoms with E-state index in [4.69, 9.17) is 16.3 Å². The van der Waals surface area contributed by atoms with Gasteiger partial charge in [-0.25, -0.2) is 8.42 Å². The summed E-state index contributed by atoms with van der Waals surface area (Å²) in [5, 5.41) is 4.03. The summed E-state index contributed by atoms with van der Waals surface area (Å²) in [6.45, 7) is 8.72. The van der Waals surface area contributed by atoms with E-state index in [-0.39, 0.29) is 41.8 Å². The van der Waals surface area contributed by atoms with E-state index >= 15 is 0 Å². The minimum absolute atomic E-state index is 0.0800. The maximum absolute atomic E-state index is 13.5. The Morgan fingerprint density at radius 2 is 1.69 bits per heavy atom. The molecule has 0 radical (unpaired) electrons. The van der Waals surface area contributed by atoms with Crippen LogP contribution in [0.1, 0.15) is 65.7 Å². The van der Waals surface area contributed by atoms with E-state index in [0.717, 1.165) is 45.2 Å². The molecule has 7 nitrogen and oxygen atoms in total. The molecular formula is C26H40ClN3O4S. The summed E-state index contributed by atoms with van der Waals surface area (Å²) in [6.07, 6.45) is 6.59. The molecule has 6 atom stereocenters. The summed E-state index contributed by atoms with van der Waals surface area (Å²) in [7, 11) is -3.72. The van der Waals surface area contributed by atoms with E-state index in [1.54, 1.807) is 16.4 Å². The van der Waals surface area contributed by atoms with Crippen molar-refractivity contribution in [3.8, 4) is 0 Å². The lowest BCUT2D eigenvalue weighted by Crippen LogP contribution is -2.58. The zero-order valence-electron chi connectivity index (χ0n) is 21.2. The van der Waals surface area contributed by atoms with Crippen LogP contribution in [0.5, 0.6) is 0 Å². The van der Waals surface area contributed by atoms with Crippen molar-refractivity contribution in [3.05, 3.63) is 29.3 Å². The van der Waals surface area contributed by atoms with Gasteiger partial charge in [-0.2, -0.15) is 4.31 Å². The van der Waals surface area contributed by atoms with Crippen molar-refractivity contribution in [2.75, 3.05) is 19.7 Å². The number of halogens is 1. The normalized spacial score (nSPS) is 33.4. The molecule has 3 heterocycles. The first-order valence-corrected chi connectivity index (χ1v) is 14.9. The lowest BCUT2D eigenvalue weighted by Gasteiger charge is -2.43. The van der Waals surface area contributed by atoms with Crippen LogP contribution in [0.4, 0.5) is 0 Å². The van der Waals surface area contributed by atoms with Crippen LogP contribution < -0.4 is 5.32 Å². The molecule has 3 aliphatic rings. The molecule has 9 heteroatoms. The fraction of sp³-hybridized carbons (Fsp3) is 0.731. The first-order chi connectivity index (χ1) is 16.6. The molecule has 196 valence electrons. The van der Waals surface area contributed by atoms with Gasteiger partial charge in [-0.05, 0) is 81.5 Å². The molecule has 1 aromatic carbocycles. The highest BCUT2D eigenvalue weighted by molar-refractivity contribution is 7.89. The number of benzene rings is 1. The van der Waals surface area contributed by atoms with Gasteiger partial charge in [0.25, 0.3) is 0 Å². The second kappa shape index (κ2) is 11.5. The van der Waals surface area contributed by atoms with Gasteiger partial charge in [0.05, 0.1) is 17.1 Å². The molecule has 0 saturated carbocycles. The van der Waals surface area contributed by atoms with Crippen molar-refractivity contribution in [3.63, 3.8) is 0 Å². The number of carbonyl (C=O) groups is 1. The second-order valence-corrected chi connectivity index (χ2v) is 13.2. The van der Waals surface area contributed by atoms with E-state index in [2.05, 4.69) is 24.1 Å². The molecule has 4 unspecified atom stereocenters. The van der Waals surface area contributed by atoms with Gasteiger partial charge in [-0.15, -0.1) is 0 Å². The summed E-state index contributed by atoms with van der Waals surface area (Å²) in [4.78, 5) is 15.8. The Morgan fingerprint density at radius 1 is 1.03 bits per heavy atom. The number of hydrogen-bond acceptors (Lipinski definition) is 6. The molecule has 0 bridgehead atoms. The standard InChI is InChI=1S/C26H40ClN3O4S/c1-18-14-19(2)16-29(15-18)25-9-5-8-24(28-25)26(31)34-17-22-7-4-6-20(3)30(22)35(32,33)23-12-10-21(27)11-13-23/h10-13,18-20,22,24-25,28H,4-9,14-17H2,1-3H3/t18?,19?,20-,22-,24?,25?/m1/s1. The molecule has 0 aliphatic carbocycles. The number of carbonyl (C=O) groups excluding carboxylic acids is 1. The van der Waals surface area contributed by atoms with Gasteiger partial charge in [-0.3, -0.25) is 15.0 Å². The minimum atomic E-state index is -3.72. The Labute approximate surface area is 215 Å². The number of sulfonamides is 1. The zero-order valence-corrected chi connectivity index (χ0v) is 22.7. The molecule has 3 aliphatic heterocycles. The molecule has 35 heavy (non-hydrogen) atoms. The van der Waals surface area contributed by atoms with Crippen molar-refractivity contribution in [1.82, 2.24) is 14.5 Å². The third kappa shape index (κ3) is 6.39. The van der Waals surface area contributed by atoms with Crippen molar-refractivity contribution < 1.29 is 17.9 Å². The zero-order chi connectivity index (χ0) is 25.2.